The van der Waals surface area contributed by atoms with Gasteiger partial charge in [0.2, 0.25) is 0 Å². The minimum atomic E-state index is -0.392. The Labute approximate surface area is 133 Å². The fourth-order valence-electron chi connectivity index (χ4n) is 2.34. The van der Waals surface area contributed by atoms with Crippen LogP contribution in [0.3, 0.4) is 0 Å². The van der Waals surface area contributed by atoms with Crippen molar-refractivity contribution < 1.29 is 14.3 Å². The average molecular weight is 308 g/mol. The van der Waals surface area contributed by atoms with Crippen LogP contribution in [0.1, 0.15) is 28.6 Å². The number of carbonyl (C=O) groups is 1. The van der Waals surface area contributed by atoms with Gasteiger partial charge in [-0.1, -0.05) is 18.2 Å². The van der Waals surface area contributed by atoms with Crippen LogP contribution in [0.5, 0.6) is 5.75 Å². The number of carbonyl (C=O) groups excluding carboxylic acids is 1. The van der Waals surface area contributed by atoms with Gasteiger partial charge in [-0.25, -0.2) is 5.43 Å². The number of hydrazone groups is 1. The van der Waals surface area contributed by atoms with Crippen LogP contribution >= 0.6 is 0 Å². The predicted octanol–water partition coefficient (Wildman–Crippen LogP) is 3.60. The maximum atomic E-state index is 12.3. The summed E-state index contributed by atoms with van der Waals surface area (Å²) < 4.78 is 5.60. The maximum Gasteiger partial charge on any atom is 0.307 e. The van der Waals surface area contributed by atoms with E-state index in [0.717, 1.165) is 16.5 Å². The third kappa shape index (κ3) is 2.94. The molecule has 0 atom stereocenters. The smallest absolute Gasteiger partial charge is 0.307 e. The van der Waals surface area contributed by atoms with Crippen LogP contribution in [0.4, 0.5) is 0 Å². The zero-order valence-electron chi connectivity index (χ0n) is 12.8. The summed E-state index contributed by atoms with van der Waals surface area (Å²) in [6.07, 6.45) is 0. The van der Waals surface area contributed by atoms with Crippen molar-refractivity contribution in [1.29, 1.82) is 0 Å². The third-order valence-corrected chi connectivity index (χ3v) is 3.66. The van der Waals surface area contributed by atoms with Crippen LogP contribution in [0.15, 0.2) is 58.0 Å². The molecule has 5 heteroatoms. The molecule has 5 nitrogen and oxygen atoms in total. The molecule has 0 aliphatic carbocycles. The molecule has 3 aromatic rings. The highest BCUT2D eigenvalue weighted by Gasteiger charge is 2.16. The molecule has 0 aliphatic heterocycles. The summed E-state index contributed by atoms with van der Waals surface area (Å²) in [6, 6.07) is 14.1. The Morgan fingerprint density at radius 3 is 2.52 bits per heavy atom. The maximum absolute atomic E-state index is 12.3. The molecule has 0 fully saturated rings. The summed E-state index contributed by atoms with van der Waals surface area (Å²) in [4.78, 5) is 12.3. The number of nitrogens with one attached hydrogen (secondary N) is 1. The molecule has 0 radical (unpaired) electrons. The van der Waals surface area contributed by atoms with Gasteiger partial charge >= 0.3 is 5.91 Å². The quantitative estimate of drug-likeness (QED) is 0.573. The minimum Gasteiger partial charge on any atom is -0.508 e. The molecule has 1 heterocycles. The monoisotopic (exact) mass is 308 g/mol. The van der Waals surface area contributed by atoms with Gasteiger partial charge in [-0.15, -0.1) is 0 Å². The second-order valence-corrected chi connectivity index (χ2v) is 5.24. The fraction of sp³-hybridized carbons (Fsp3) is 0.111. The topological polar surface area (TPSA) is 74.8 Å². The van der Waals surface area contributed by atoms with Gasteiger partial charge in [-0.05, 0) is 49.7 Å². The highest BCUT2D eigenvalue weighted by Crippen LogP contribution is 2.24. The molecular formula is C18H16N2O3. The third-order valence-electron chi connectivity index (χ3n) is 3.66. The lowest BCUT2D eigenvalue weighted by molar-refractivity contribution is 0.0928. The molecule has 0 saturated carbocycles. The van der Waals surface area contributed by atoms with E-state index in [2.05, 4.69) is 10.5 Å². The zero-order chi connectivity index (χ0) is 16.4. The summed E-state index contributed by atoms with van der Waals surface area (Å²) >= 11 is 0. The lowest BCUT2D eigenvalue weighted by Gasteiger charge is -2.02. The van der Waals surface area contributed by atoms with Crippen molar-refractivity contribution in [1.82, 2.24) is 5.43 Å². The first-order chi connectivity index (χ1) is 11.1. The summed E-state index contributed by atoms with van der Waals surface area (Å²) in [6.45, 7) is 3.62. The van der Waals surface area contributed by atoms with Crippen LogP contribution in [-0.4, -0.2) is 16.7 Å². The van der Waals surface area contributed by atoms with E-state index in [1.807, 2.05) is 31.2 Å². The number of nitrogens with zero attached hydrogens (tertiary/aromatic N) is 1. The Kier molecular flexibility index (Phi) is 3.85. The normalized spacial score (nSPS) is 11.7. The molecule has 2 aromatic carbocycles. The molecule has 0 bridgehead atoms. The fourth-order valence-corrected chi connectivity index (χ4v) is 2.34. The van der Waals surface area contributed by atoms with Gasteiger partial charge in [0, 0.05) is 10.9 Å². The molecule has 116 valence electrons. The van der Waals surface area contributed by atoms with Crippen molar-refractivity contribution in [3.63, 3.8) is 0 Å². The number of benzene rings is 2. The van der Waals surface area contributed by atoms with E-state index < -0.39 is 5.91 Å². The van der Waals surface area contributed by atoms with Gasteiger partial charge in [0.15, 0.2) is 5.76 Å². The van der Waals surface area contributed by atoms with Crippen molar-refractivity contribution in [3.8, 4) is 5.75 Å². The second kappa shape index (κ2) is 5.96. The zero-order valence-corrected chi connectivity index (χ0v) is 12.8. The van der Waals surface area contributed by atoms with Crippen LogP contribution < -0.4 is 5.43 Å². The van der Waals surface area contributed by atoms with Crippen molar-refractivity contribution in [2.75, 3.05) is 0 Å². The average Bonchev–Trinajstić information content (AvgIpc) is 2.90. The molecule has 0 saturated heterocycles. The molecule has 0 unspecified atom stereocenters. The highest BCUT2D eigenvalue weighted by atomic mass is 16.3. The molecule has 1 amide bonds. The number of furan rings is 1. The number of aryl methyl sites for hydroxylation is 1. The first kappa shape index (κ1) is 14.8. The van der Waals surface area contributed by atoms with E-state index in [0.29, 0.717) is 11.3 Å². The van der Waals surface area contributed by atoms with E-state index in [-0.39, 0.29) is 11.5 Å². The minimum absolute atomic E-state index is 0.184. The molecule has 3 rings (SSSR count). The van der Waals surface area contributed by atoms with Crippen LogP contribution in [0, 0.1) is 6.92 Å². The first-order valence-corrected chi connectivity index (χ1v) is 7.18. The van der Waals surface area contributed by atoms with Crippen molar-refractivity contribution in [2.45, 2.75) is 13.8 Å². The first-order valence-electron chi connectivity index (χ1n) is 7.18. The lowest BCUT2D eigenvalue weighted by Crippen LogP contribution is -2.19. The SMILES string of the molecule is C/C(=N\NC(=O)c1oc2ccccc2c1C)c1ccc(O)cc1. The molecule has 23 heavy (non-hydrogen) atoms. The lowest BCUT2D eigenvalue weighted by atomic mass is 10.1. The number of amides is 1. The van der Waals surface area contributed by atoms with Crippen molar-refractivity contribution >= 4 is 22.6 Å². The molecular weight excluding hydrogens is 292 g/mol. The van der Waals surface area contributed by atoms with Gasteiger partial charge in [0.05, 0.1) is 5.71 Å². The summed E-state index contributed by atoms with van der Waals surface area (Å²) in [5.41, 5.74) is 5.41. The number of hydrogen-bond donors (Lipinski definition) is 2. The van der Waals surface area contributed by atoms with Crippen molar-refractivity contribution in [2.24, 2.45) is 5.10 Å². The Morgan fingerprint density at radius 2 is 1.83 bits per heavy atom. The number of rotatable bonds is 3. The van der Waals surface area contributed by atoms with E-state index in [9.17, 15) is 9.90 Å². The van der Waals surface area contributed by atoms with Crippen LogP contribution in [-0.2, 0) is 0 Å². The number of aromatic hydroxyl groups is 1. The van der Waals surface area contributed by atoms with E-state index >= 15 is 0 Å². The number of para-hydroxylation sites is 1. The van der Waals surface area contributed by atoms with Crippen LogP contribution in [0.2, 0.25) is 0 Å². The largest absolute Gasteiger partial charge is 0.508 e. The Hall–Kier alpha value is -3.08. The van der Waals surface area contributed by atoms with Crippen molar-refractivity contribution in [3.05, 3.63) is 65.4 Å². The molecule has 1 aromatic heterocycles. The summed E-state index contributed by atoms with van der Waals surface area (Å²) in [7, 11) is 0. The van der Waals surface area contributed by atoms with Crippen LogP contribution in [0.25, 0.3) is 11.0 Å². The molecule has 2 N–H and O–H groups in total. The van der Waals surface area contributed by atoms with Gasteiger partial charge in [0.25, 0.3) is 0 Å². The second-order valence-electron chi connectivity index (χ2n) is 5.24. The Morgan fingerprint density at radius 1 is 1.13 bits per heavy atom. The molecule has 0 spiro atoms. The number of hydrogen-bond acceptors (Lipinski definition) is 4. The standard InChI is InChI=1S/C18H16N2O3/c1-11-15-5-3-4-6-16(15)23-17(11)18(22)20-19-12(2)13-7-9-14(21)10-8-13/h3-10,21H,1-2H3,(H,20,22)/b19-12+. The Balaban J connectivity index is 1.81. The summed E-state index contributed by atoms with van der Waals surface area (Å²) in [5.74, 6) is 0.0498. The number of phenolic OH excluding ortho intramolecular Hbond substituents is 1. The van der Waals surface area contributed by atoms with E-state index in [1.54, 1.807) is 31.2 Å². The predicted molar refractivity (Wildman–Crippen MR) is 88.7 cm³/mol. The number of fused-ring (bicyclic) bond motifs is 1. The molecule has 0 aliphatic rings. The highest BCUT2D eigenvalue weighted by molar-refractivity contribution is 6.02. The van der Waals surface area contributed by atoms with E-state index in [4.69, 9.17) is 4.42 Å². The summed E-state index contributed by atoms with van der Waals surface area (Å²) in [5, 5.41) is 14.3. The van der Waals surface area contributed by atoms with Gasteiger partial charge in [0.1, 0.15) is 11.3 Å². The van der Waals surface area contributed by atoms with Gasteiger partial charge in [-0.3, -0.25) is 4.79 Å². The Bertz CT molecular complexity index is 892. The number of phenols is 1. The van der Waals surface area contributed by atoms with Gasteiger partial charge in [-0.2, -0.15) is 5.10 Å². The van der Waals surface area contributed by atoms with E-state index in [1.165, 1.54) is 0 Å². The van der Waals surface area contributed by atoms with Gasteiger partial charge < -0.3 is 9.52 Å².